The van der Waals surface area contributed by atoms with Gasteiger partial charge in [-0.2, -0.15) is 4.98 Å². The number of nitrogens with one attached hydrogen (secondary N) is 1. The second kappa shape index (κ2) is 7.09. The minimum absolute atomic E-state index is 0.0195. The lowest BCUT2D eigenvalue weighted by atomic mass is 9.87. The van der Waals surface area contributed by atoms with E-state index in [1.807, 2.05) is 26.0 Å². The van der Waals surface area contributed by atoms with E-state index in [0.29, 0.717) is 37.4 Å². The van der Waals surface area contributed by atoms with E-state index in [-0.39, 0.29) is 24.0 Å². The second-order valence-electron chi connectivity index (χ2n) is 6.38. The van der Waals surface area contributed by atoms with E-state index in [4.69, 9.17) is 4.52 Å². The molecule has 1 aliphatic rings. The van der Waals surface area contributed by atoms with Crippen LogP contribution in [0.4, 0.5) is 0 Å². The van der Waals surface area contributed by atoms with E-state index >= 15 is 0 Å². The van der Waals surface area contributed by atoms with Gasteiger partial charge in [0, 0.05) is 23.4 Å². The van der Waals surface area contributed by atoms with Crippen LogP contribution in [0, 0.1) is 12.8 Å². The maximum absolute atomic E-state index is 12.3. The number of pyridine rings is 1. The predicted molar refractivity (Wildman–Crippen MR) is 86.8 cm³/mol. The zero-order valence-corrected chi connectivity index (χ0v) is 13.9. The van der Waals surface area contributed by atoms with E-state index in [9.17, 15) is 9.90 Å². The van der Waals surface area contributed by atoms with E-state index < -0.39 is 0 Å². The van der Waals surface area contributed by atoms with Crippen molar-refractivity contribution < 1.29 is 14.4 Å². The van der Waals surface area contributed by atoms with Crippen molar-refractivity contribution >= 4 is 5.91 Å². The van der Waals surface area contributed by atoms with Gasteiger partial charge >= 0.3 is 0 Å². The first kappa shape index (κ1) is 16.6. The van der Waals surface area contributed by atoms with Crippen LogP contribution in [-0.4, -0.2) is 32.2 Å². The number of aliphatic hydroxyl groups is 1. The highest BCUT2D eigenvalue weighted by Gasteiger charge is 2.27. The molecule has 2 aromatic rings. The highest BCUT2D eigenvalue weighted by Crippen LogP contribution is 2.25. The summed E-state index contributed by atoms with van der Waals surface area (Å²) in [5.41, 5.74) is 1.71. The first-order chi connectivity index (χ1) is 11.5. The molecule has 2 N–H and O–H groups in total. The smallest absolute Gasteiger partial charge is 0.249 e. The maximum atomic E-state index is 12.3. The standard InChI is InChI=1S/C17H22N4O3/c1-10-9-13(7-8-18-10)15-20-17(24-21-15)11(2)19-16(23)12-3-5-14(22)6-4-12/h7-9,11-12,14,22H,3-6H2,1-2H3,(H,19,23)/t11-,12-,14-/m0/s1. The van der Waals surface area contributed by atoms with E-state index in [1.165, 1.54) is 0 Å². The van der Waals surface area contributed by atoms with Crippen LogP contribution in [0.2, 0.25) is 0 Å². The second-order valence-corrected chi connectivity index (χ2v) is 6.38. The number of amides is 1. The number of nitrogens with zero attached hydrogens (tertiary/aromatic N) is 3. The summed E-state index contributed by atoms with van der Waals surface area (Å²) >= 11 is 0. The van der Waals surface area contributed by atoms with Crippen molar-refractivity contribution in [3.05, 3.63) is 29.9 Å². The highest BCUT2D eigenvalue weighted by molar-refractivity contribution is 5.79. The first-order valence-corrected chi connectivity index (χ1v) is 8.28. The quantitative estimate of drug-likeness (QED) is 0.891. The number of aryl methyl sites for hydroxylation is 1. The van der Waals surface area contributed by atoms with Gasteiger partial charge in [-0.05, 0) is 51.7 Å². The third kappa shape index (κ3) is 3.79. The Labute approximate surface area is 140 Å². The lowest BCUT2D eigenvalue weighted by Gasteiger charge is -2.25. The van der Waals surface area contributed by atoms with E-state index in [1.54, 1.807) is 6.20 Å². The molecular formula is C17H22N4O3. The molecule has 0 bridgehead atoms. The van der Waals surface area contributed by atoms with Gasteiger partial charge in [0.15, 0.2) is 0 Å². The minimum atomic E-state index is -0.353. The topological polar surface area (TPSA) is 101 Å². The van der Waals surface area contributed by atoms with Crippen LogP contribution < -0.4 is 5.32 Å². The summed E-state index contributed by atoms with van der Waals surface area (Å²) < 4.78 is 5.29. The molecule has 0 radical (unpaired) electrons. The van der Waals surface area contributed by atoms with Crippen molar-refractivity contribution in [2.24, 2.45) is 5.92 Å². The lowest BCUT2D eigenvalue weighted by Crippen LogP contribution is -2.35. The van der Waals surface area contributed by atoms with Crippen LogP contribution in [0.3, 0.4) is 0 Å². The molecule has 1 fully saturated rings. The highest BCUT2D eigenvalue weighted by atomic mass is 16.5. The number of aliphatic hydroxyl groups excluding tert-OH is 1. The average Bonchev–Trinajstić information content (AvgIpc) is 3.05. The fourth-order valence-corrected chi connectivity index (χ4v) is 2.94. The van der Waals surface area contributed by atoms with Gasteiger partial charge < -0.3 is 14.9 Å². The number of hydrogen-bond donors (Lipinski definition) is 2. The summed E-state index contributed by atoms with van der Waals surface area (Å²) in [5, 5.41) is 16.4. The largest absolute Gasteiger partial charge is 0.393 e. The molecule has 1 amide bonds. The Morgan fingerprint density at radius 2 is 2.12 bits per heavy atom. The Kier molecular flexibility index (Phi) is 4.89. The number of rotatable bonds is 4. The number of aromatic nitrogens is 3. The van der Waals surface area contributed by atoms with Gasteiger partial charge in [0.2, 0.25) is 17.6 Å². The summed E-state index contributed by atoms with van der Waals surface area (Å²) in [7, 11) is 0. The van der Waals surface area contributed by atoms with Crippen molar-refractivity contribution in [2.45, 2.75) is 51.7 Å². The summed E-state index contributed by atoms with van der Waals surface area (Å²) in [6, 6.07) is 3.34. The van der Waals surface area contributed by atoms with Gasteiger partial charge in [0.25, 0.3) is 0 Å². The van der Waals surface area contributed by atoms with Gasteiger partial charge in [-0.25, -0.2) is 0 Å². The van der Waals surface area contributed by atoms with Gasteiger partial charge in [-0.1, -0.05) is 5.16 Å². The monoisotopic (exact) mass is 330 g/mol. The molecule has 3 rings (SSSR count). The molecule has 0 aliphatic heterocycles. The normalized spacial score (nSPS) is 22.1. The molecule has 1 saturated carbocycles. The average molecular weight is 330 g/mol. The Morgan fingerprint density at radius 1 is 1.38 bits per heavy atom. The Morgan fingerprint density at radius 3 is 2.83 bits per heavy atom. The van der Waals surface area contributed by atoms with Crippen LogP contribution in [0.1, 0.15) is 50.2 Å². The lowest BCUT2D eigenvalue weighted by molar-refractivity contribution is -0.127. The van der Waals surface area contributed by atoms with Crippen molar-refractivity contribution in [2.75, 3.05) is 0 Å². The van der Waals surface area contributed by atoms with Gasteiger partial charge in [-0.3, -0.25) is 9.78 Å². The molecule has 0 spiro atoms. The van der Waals surface area contributed by atoms with Crippen molar-refractivity contribution in [1.82, 2.24) is 20.4 Å². The van der Waals surface area contributed by atoms with Crippen LogP contribution in [0.25, 0.3) is 11.4 Å². The summed E-state index contributed by atoms with van der Waals surface area (Å²) in [5.74, 6) is 0.788. The molecule has 1 atom stereocenters. The van der Waals surface area contributed by atoms with Crippen LogP contribution in [0.15, 0.2) is 22.9 Å². The van der Waals surface area contributed by atoms with Gasteiger partial charge in [0.1, 0.15) is 6.04 Å². The van der Waals surface area contributed by atoms with Crippen LogP contribution >= 0.6 is 0 Å². The molecule has 1 aliphatic carbocycles. The molecule has 7 nitrogen and oxygen atoms in total. The summed E-state index contributed by atoms with van der Waals surface area (Å²) in [6.45, 7) is 3.72. The molecule has 24 heavy (non-hydrogen) atoms. The van der Waals surface area contributed by atoms with E-state index in [0.717, 1.165) is 11.3 Å². The van der Waals surface area contributed by atoms with Crippen molar-refractivity contribution in [1.29, 1.82) is 0 Å². The molecule has 0 unspecified atom stereocenters. The van der Waals surface area contributed by atoms with Gasteiger partial charge in [0.05, 0.1) is 6.10 Å². The zero-order valence-electron chi connectivity index (χ0n) is 13.9. The first-order valence-electron chi connectivity index (χ1n) is 8.28. The maximum Gasteiger partial charge on any atom is 0.249 e. The Balaban J connectivity index is 1.63. The SMILES string of the molecule is Cc1cc(-c2noc([C@H](C)NC(=O)[C@H]3CC[C@H](O)CC3)n2)ccn1. The molecule has 0 aromatic carbocycles. The fourth-order valence-electron chi connectivity index (χ4n) is 2.94. The van der Waals surface area contributed by atoms with Crippen LogP contribution in [0.5, 0.6) is 0 Å². The molecule has 0 saturated heterocycles. The number of carbonyl (C=O) groups is 1. The molecule has 2 aromatic heterocycles. The molecule has 7 heteroatoms. The fraction of sp³-hybridized carbons (Fsp3) is 0.529. The van der Waals surface area contributed by atoms with Crippen molar-refractivity contribution in [3.63, 3.8) is 0 Å². The number of hydrogen-bond acceptors (Lipinski definition) is 6. The zero-order chi connectivity index (χ0) is 17.1. The third-order valence-corrected chi connectivity index (χ3v) is 4.39. The van der Waals surface area contributed by atoms with Crippen molar-refractivity contribution in [3.8, 4) is 11.4 Å². The number of carbonyl (C=O) groups excluding carboxylic acids is 1. The predicted octanol–water partition coefficient (Wildman–Crippen LogP) is 2.17. The molecule has 2 heterocycles. The Hall–Kier alpha value is -2.28. The summed E-state index contributed by atoms with van der Waals surface area (Å²) in [6.07, 6.45) is 4.21. The minimum Gasteiger partial charge on any atom is -0.393 e. The summed E-state index contributed by atoms with van der Waals surface area (Å²) in [4.78, 5) is 20.8. The molecule has 128 valence electrons. The van der Waals surface area contributed by atoms with Crippen LogP contribution in [-0.2, 0) is 4.79 Å². The molecular weight excluding hydrogens is 308 g/mol. The van der Waals surface area contributed by atoms with Gasteiger partial charge in [-0.15, -0.1) is 0 Å². The van der Waals surface area contributed by atoms with E-state index in [2.05, 4.69) is 20.4 Å². The Bertz CT molecular complexity index is 707. The third-order valence-electron chi connectivity index (χ3n) is 4.39.